The van der Waals surface area contributed by atoms with E-state index in [4.69, 9.17) is 0 Å². The highest BCUT2D eigenvalue weighted by atomic mass is 32.2. The smallest absolute Gasteiger partial charge is 0.243 e. The molecule has 1 fully saturated rings. The van der Waals surface area contributed by atoms with Gasteiger partial charge in [-0.15, -0.1) is 21.5 Å². The van der Waals surface area contributed by atoms with Crippen LogP contribution >= 0.6 is 11.3 Å². The third kappa shape index (κ3) is 3.67. The van der Waals surface area contributed by atoms with Crippen LogP contribution in [0, 0.1) is 13.8 Å². The fourth-order valence-electron chi connectivity index (χ4n) is 3.44. The molecule has 4 rings (SSSR count). The molecule has 0 unspecified atom stereocenters. The number of hydrogen-bond acceptors (Lipinski definition) is 6. The highest BCUT2D eigenvalue weighted by Crippen LogP contribution is 2.25. The Bertz CT molecular complexity index is 1060. The van der Waals surface area contributed by atoms with Gasteiger partial charge in [0.2, 0.25) is 10.0 Å². The highest BCUT2D eigenvalue weighted by Gasteiger charge is 2.30. The first-order valence-corrected chi connectivity index (χ1v) is 11.5. The number of anilines is 1. The predicted octanol–water partition coefficient (Wildman–Crippen LogP) is 3.33. The van der Waals surface area contributed by atoms with Gasteiger partial charge in [-0.1, -0.05) is 23.8 Å². The summed E-state index contributed by atoms with van der Waals surface area (Å²) in [6.45, 7) is 5.87. The number of aryl methyl sites for hydroxylation is 2. The van der Waals surface area contributed by atoms with Gasteiger partial charge in [0, 0.05) is 26.2 Å². The van der Waals surface area contributed by atoms with E-state index in [1.165, 1.54) is 0 Å². The minimum Gasteiger partial charge on any atom is -0.352 e. The summed E-state index contributed by atoms with van der Waals surface area (Å²) in [6, 6.07) is 13.4. The van der Waals surface area contributed by atoms with Crippen LogP contribution in [0.1, 0.15) is 11.1 Å². The summed E-state index contributed by atoms with van der Waals surface area (Å²) in [5.74, 6) is 0.781. The molecule has 146 valence electrons. The van der Waals surface area contributed by atoms with Crippen molar-refractivity contribution in [2.45, 2.75) is 18.7 Å². The topological polar surface area (TPSA) is 66.4 Å². The van der Waals surface area contributed by atoms with Gasteiger partial charge >= 0.3 is 0 Å². The molecule has 0 amide bonds. The summed E-state index contributed by atoms with van der Waals surface area (Å²) < 4.78 is 27.6. The molecule has 0 atom stereocenters. The van der Waals surface area contributed by atoms with Crippen LogP contribution in [0.15, 0.2) is 52.7 Å². The zero-order chi connectivity index (χ0) is 19.7. The van der Waals surface area contributed by atoms with Gasteiger partial charge in [-0.3, -0.25) is 0 Å². The van der Waals surface area contributed by atoms with Crippen molar-refractivity contribution in [3.05, 3.63) is 59.0 Å². The van der Waals surface area contributed by atoms with Crippen LogP contribution < -0.4 is 4.90 Å². The fraction of sp³-hybridized carbons (Fsp3) is 0.300. The van der Waals surface area contributed by atoms with Gasteiger partial charge in [0.15, 0.2) is 5.82 Å². The lowest BCUT2D eigenvalue weighted by molar-refractivity contribution is 0.383. The average Bonchev–Trinajstić information content (AvgIpc) is 3.23. The van der Waals surface area contributed by atoms with Crippen LogP contribution in [-0.2, 0) is 10.0 Å². The lowest BCUT2D eigenvalue weighted by Gasteiger charge is -2.34. The molecule has 1 aliphatic heterocycles. The molecule has 0 bridgehead atoms. The van der Waals surface area contributed by atoms with E-state index in [0.717, 1.165) is 27.5 Å². The Hall–Kier alpha value is -2.29. The van der Waals surface area contributed by atoms with E-state index in [-0.39, 0.29) is 0 Å². The van der Waals surface area contributed by atoms with E-state index in [9.17, 15) is 8.42 Å². The predicted molar refractivity (Wildman–Crippen MR) is 112 cm³/mol. The van der Waals surface area contributed by atoms with Crippen LogP contribution in [-0.4, -0.2) is 49.1 Å². The quantitative estimate of drug-likeness (QED) is 0.655. The van der Waals surface area contributed by atoms with Gasteiger partial charge < -0.3 is 4.90 Å². The van der Waals surface area contributed by atoms with Crippen LogP contribution in [0.2, 0.25) is 0 Å². The van der Waals surface area contributed by atoms with Crippen LogP contribution in [0.4, 0.5) is 5.82 Å². The monoisotopic (exact) mass is 414 g/mol. The first kappa shape index (κ1) is 19.0. The maximum absolute atomic E-state index is 13.0. The van der Waals surface area contributed by atoms with Crippen molar-refractivity contribution in [2.75, 3.05) is 31.1 Å². The van der Waals surface area contributed by atoms with Crippen molar-refractivity contribution in [3.8, 4) is 10.6 Å². The van der Waals surface area contributed by atoms with Crippen LogP contribution in [0.3, 0.4) is 0 Å². The van der Waals surface area contributed by atoms with E-state index >= 15 is 0 Å². The summed E-state index contributed by atoms with van der Waals surface area (Å²) in [4.78, 5) is 3.56. The first-order chi connectivity index (χ1) is 13.4. The Morgan fingerprint density at radius 3 is 2.36 bits per heavy atom. The van der Waals surface area contributed by atoms with E-state index in [2.05, 4.69) is 15.1 Å². The molecule has 1 aliphatic rings. The van der Waals surface area contributed by atoms with Crippen molar-refractivity contribution < 1.29 is 8.42 Å². The minimum absolute atomic E-state index is 0.395. The third-order valence-electron chi connectivity index (χ3n) is 4.93. The zero-order valence-electron chi connectivity index (χ0n) is 15.9. The number of benzene rings is 1. The molecule has 1 aromatic carbocycles. The van der Waals surface area contributed by atoms with E-state index < -0.39 is 10.0 Å². The molecular weight excluding hydrogens is 392 g/mol. The highest BCUT2D eigenvalue weighted by molar-refractivity contribution is 7.89. The van der Waals surface area contributed by atoms with Gasteiger partial charge in [-0.2, -0.15) is 4.31 Å². The number of piperazine rings is 1. The van der Waals surface area contributed by atoms with Crippen molar-refractivity contribution in [1.29, 1.82) is 0 Å². The number of sulfonamides is 1. The second kappa shape index (κ2) is 7.62. The van der Waals surface area contributed by atoms with Crippen molar-refractivity contribution in [3.63, 3.8) is 0 Å². The Morgan fingerprint density at radius 2 is 1.75 bits per heavy atom. The number of aromatic nitrogens is 2. The zero-order valence-corrected chi connectivity index (χ0v) is 17.5. The average molecular weight is 415 g/mol. The molecule has 1 saturated heterocycles. The maximum atomic E-state index is 13.0. The fourth-order valence-corrected chi connectivity index (χ4v) is 5.75. The molecule has 3 aromatic rings. The second-order valence-corrected chi connectivity index (χ2v) is 9.77. The van der Waals surface area contributed by atoms with Gasteiger partial charge in [-0.05, 0) is 49.1 Å². The Labute approximate surface area is 169 Å². The van der Waals surface area contributed by atoms with E-state index in [0.29, 0.717) is 31.1 Å². The van der Waals surface area contributed by atoms with E-state index in [1.54, 1.807) is 21.7 Å². The lowest BCUT2D eigenvalue weighted by atomic mass is 10.2. The molecule has 0 aliphatic carbocycles. The summed E-state index contributed by atoms with van der Waals surface area (Å²) in [5, 5.41) is 10.7. The summed E-state index contributed by atoms with van der Waals surface area (Å²) in [5.41, 5.74) is 2.71. The molecule has 0 radical (unpaired) electrons. The molecule has 28 heavy (non-hydrogen) atoms. The Balaban J connectivity index is 1.45. The third-order valence-corrected chi connectivity index (χ3v) is 7.89. The van der Waals surface area contributed by atoms with Crippen LogP contribution in [0.25, 0.3) is 10.6 Å². The molecule has 0 spiro atoms. The summed E-state index contributed by atoms with van der Waals surface area (Å²) in [7, 11) is -3.48. The minimum atomic E-state index is -3.48. The number of rotatable bonds is 4. The molecule has 0 N–H and O–H groups in total. The molecular formula is C20H22N4O2S2. The summed E-state index contributed by atoms with van der Waals surface area (Å²) in [6.07, 6.45) is 0. The molecule has 3 heterocycles. The first-order valence-electron chi connectivity index (χ1n) is 9.15. The normalized spacial score (nSPS) is 15.7. The Kier molecular flexibility index (Phi) is 5.18. The van der Waals surface area contributed by atoms with Crippen molar-refractivity contribution in [1.82, 2.24) is 14.5 Å². The standard InChI is InChI=1S/C20H22N4O2S2/c1-15-5-7-19(16(2)14-15)28(25,26)24-11-9-23(10-12-24)20-8-6-17(21-22-20)18-4-3-13-27-18/h3-8,13-14H,9-12H2,1-2H3. The largest absolute Gasteiger partial charge is 0.352 e. The van der Waals surface area contributed by atoms with Crippen molar-refractivity contribution in [2.24, 2.45) is 0 Å². The van der Waals surface area contributed by atoms with Gasteiger partial charge in [0.25, 0.3) is 0 Å². The van der Waals surface area contributed by atoms with Gasteiger partial charge in [0.05, 0.1) is 9.77 Å². The molecule has 0 saturated carbocycles. The van der Waals surface area contributed by atoms with Crippen LogP contribution in [0.5, 0.6) is 0 Å². The summed E-state index contributed by atoms with van der Waals surface area (Å²) >= 11 is 1.63. The van der Waals surface area contributed by atoms with Gasteiger partial charge in [-0.25, -0.2) is 8.42 Å². The Morgan fingerprint density at radius 1 is 0.964 bits per heavy atom. The lowest BCUT2D eigenvalue weighted by Crippen LogP contribution is -2.49. The molecule has 6 nitrogen and oxygen atoms in total. The maximum Gasteiger partial charge on any atom is 0.243 e. The van der Waals surface area contributed by atoms with Crippen molar-refractivity contribution >= 4 is 27.2 Å². The molecule has 2 aromatic heterocycles. The number of thiophene rings is 1. The van der Waals surface area contributed by atoms with Gasteiger partial charge in [0.1, 0.15) is 5.69 Å². The SMILES string of the molecule is Cc1ccc(S(=O)(=O)N2CCN(c3ccc(-c4cccs4)nn3)CC2)c(C)c1. The number of nitrogens with zero attached hydrogens (tertiary/aromatic N) is 4. The second-order valence-electron chi connectivity index (χ2n) is 6.91. The van der Waals surface area contributed by atoms with E-state index in [1.807, 2.05) is 55.6 Å². The molecule has 8 heteroatoms. The number of hydrogen-bond donors (Lipinski definition) is 0.